The van der Waals surface area contributed by atoms with Gasteiger partial charge in [-0.15, -0.1) is 0 Å². The van der Waals surface area contributed by atoms with Crippen molar-refractivity contribution in [2.75, 3.05) is 18.5 Å². The number of rotatable bonds is 4. The van der Waals surface area contributed by atoms with E-state index in [1.165, 1.54) is 0 Å². The number of hydrogen-bond acceptors (Lipinski definition) is 3. The Hall–Kier alpha value is -0.610. The van der Waals surface area contributed by atoms with Gasteiger partial charge in [0.05, 0.1) is 6.10 Å². The maximum Gasteiger partial charge on any atom is 0.131 e. The van der Waals surface area contributed by atoms with E-state index in [1.54, 1.807) is 13.1 Å². The first-order chi connectivity index (χ1) is 7.00. The fourth-order valence-electron chi connectivity index (χ4n) is 1.42. The van der Waals surface area contributed by atoms with Crippen LogP contribution >= 0.6 is 15.9 Å². The van der Waals surface area contributed by atoms with Crippen LogP contribution in [0.25, 0.3) is 0 Å². The molecule has 0 saturated carbocycles. The zero-order valence-corrected chi connectivity index (χ0v) is 11.0. The highest BCUT2D eigenvalue weighted by molar-refractivity contribution is 9.10. The molecule has 84 valence electrons. The van der Waals surface area contributed by atoms with Crippen molar-refractivity contribution in [3.63, 3.8) is 0 Å². The number of pyridine rings is 1. The van der Waals surface area contributed by atoms with Crippen molar-refractivity contribution in [3.8, 4) is 0 Å². The van der Waals surface area contributed by atoms with Crippen molar-refractivity contribution < 1.29 is 5.11 Å². The van der Waals surface area contributed by atoms with E-state index in [2.05, 4.69) is 25.8 Å². The lowest BCUT2D eigenvalue weighted by molar-refractivity contribution is 0.187. The minimum absolute atomic E-state index is 0.261. The summed E-state index contributed by atoms with van der Waals surface area (Å²) in [5.41, 5.74) is 1.14. The first kappa shape index (κ1) is 12.5. The summed E-state index contributed by atoms with van der Waals surface area (Å²) in [6, 6.07) is 2.04. The van der Waals surface area contributed by atoms with Crippen LogP contribution in [0.2, 0.25) is 0 Å². The Morgan fingerprint density at radius 2 is 2.27 bits per heavy atom. The topological polar surface area (TPSA) is 36.4 Å². The van der Waals surface area contributed by atoms with Crippen molar-refractivity contribution in [1.29, 1.82) is 0 Å². The molecule has 0 saturated heterocycles. The van der Waals surface area contributed by atoms with Gasteiger partial charge in [0.15, 0.2) is 0 Å². The third-order valence-electron chi connectivity index (χ3n) is 2.26. The minimum atomic E-state index is -0.261. The van der Waals surface area contributed by atoms with Crippen LogP contribution in [0.1, 0.15) is 18.9 Å². The molecule has 1 heterocycles. The number of aliphatic hydroxyl groups is 1. The van der Waals surface area contributed by atoms with E-state index in [4.69, 9.17) is 0 Å². The molecule has 1 aromatic rings. The molecule has 0 aromatic carbocycles. The van der Waals surface area contributed by atoms with E-state index in [-0.39, 0.29) is 6.10 Å². The largest absolute Gasteiger partial charge is 0.393 e. The monoisotopic (exact) mass is 272 g/mol. The third-order valence-corrected chi connectivity index (χ3v) is 2.69. The molecular weight excluding hydrogens is 256 g/mol. The predicted octanol–water partition coefficient (Wildman–Crippen LogP) is 2.36. The van der Waals surface area contributed by atoms with Crippen molar-refractivity contribution >= 4 is 21.7 Å². The summed E-state index contributed by atoms with van der Waals surface area (Å²) >= 11 is 3.39. The second-order valence-corrected chi connectivity index (χ2v) is 4.77. The zero-order chi connectivity index (χ0) is 11.4. The standard InChI is InChI=1S/C11H17BrN2O/c1-8-6-10(12)7-13-11(8)14(3)5-4-9(2)15/h6-7,9,15H,4-5H2,1-3H3. The molecule has 0 bridgehead atoms. The van der Waals surface area contributed by atoms with Gasteiger partial charge in [0.25, 0.3) is 0 Å². The summed E-state index contributed by atoms with van der Waals surface area (Å²) in [6.07, 6.45) is 2.29. The Bertz CT molecular complexity index is 328. The minimum Gasteiger partial charge on any atom is -0.393 e. The van der Waals surface area contributed by atoms with Gasteiger partial charge in [-0.25, -0.2) is 4.98 Å². The smallest absolute Gasteiger partial charge is 0.131 e. The summed E-state index contributed by atoms with van der Waals surface area (Å²) in [5.74, 6) is 0.971. The van der Waals surface area contributed by atoms with Gasteiger partial charge in [-0.2, -0.15) is 0 Å². The van der Waals surface area contributed by atoms with Gasteiger partial charge in [-0.05, 0) is 47.8 Å². The Morgan fingerprint density at radius 3 is 2.80 bits per heavy atom. The van der Waals surface area contributed by atoms with E-state index in [0.29, 0.717) is 0 Å². The molecule has 1 aromatic heterocycles. The molecule has 1 rings (SSSR count). The first-order valence-electron chi connectivity index (χ1n) is 5.02. The molecule has 0 aliphatic heterocycles. The summed E-state index contributed by atoms with van der Waals surface area (Å²) in [7, 11) is 1.99. The molecular formula is C11H17BrN2O. The fraction of sp³-hybridized carbons (Fsp3) is 0.545. The van der Waals surface area contributed by atoms with Crippen LogP contribution in [0.15, 0.2) is 16.7 Å². The van der Waals surface area contributed by atoms with Crippen LogP contribution in [-0.2, 0) is 0 Å². The molecule has 4 heteroatoms. The van der Waals surface area contributed by atoms with E-state index in [9.17, 15) is 5.11 Å². The van der Waals surface area contributed by atoms with Gasteiger partial charge >= 0.3 is 0 Å². The van der Waals surface area contributed by atoms with Crippen LogP contribution in [0.5, 0.6) is 0 Å². The lowest BCUT2D eigenvalue weighted by Crippen LogP contribution is -2.23. The number of aryl methyl sites for hydroxylation is 1. The van der Waals surface area contributed by atoms with Gasteiger partial charge in [0.2, 0.25) is 0 Å². The summed E-state index contributed by atoms with van der Waals surface area (Å²) in [5, 5.41) is 9.21. The van der Waals surface area contributed by atoms with Crippen molar-refractivity contribution in [1.82, 2.24) is 4.98 Å². The van der Waals surface area contributed by atoms with Gasteiger partial charge < -0.3 is 10.0 Å². The number of nitrogens with zero attached hydrogens (tertiary/aromatic N) is 2. The lowest BCUT2D eigenvalue weighted by atomic mass is 10.2. The molecule has 1 N–H and O–H groups in total. The molecule has 0 fully saturated rings. The molecule has 0 radical (unpaired) electrons. The van der Waals surface area contributed by atoms with Crippen LogP contribution in [0.4, 0.5) is 5.82 Å². The molecule has 0 spiro atoms. The van der Waals surface area contributed by atoms with E-state index < -0.39 is 0 Å². The zero-order valence-electron chi connectivity index (χ0n) is 9.37. The van der Waals surface area contributed by atoms with Crippen LogP contribution in [-0.4, -0.2) is 29.8 Å². The number of aromatic nitrogens is 1. The third kappa shape index (κ3) is 3.80. The van der Waals surface area contributed by atoms with E-state index in [0.717, 1.165) is 28.8 Å². The number of anilines is 1. The molecule has 1 atom stereocenters. The second kappa shape index (κ2) is 5.47. The van der Waals surface area contributed by atoms with E-state index >= 15 is 0 Å². The highest BCUT2D eigenvalue weighted by Crippen LogP contribution is 2.19. The molecule has 3 nitrogen and oxygen atoms in total. The maximum atomic E-state index is 9.21. The Balaban J connectivity index is 2.69. The van der Waals surface area contributed by atoms with Crippen molar-refractivity contribution in [2.24, 2.45) is 0 Å². The summed E-state index contributed by atoms with van der Waals surface area (Å²) < 4.78 is 0.993. The van der Waals surface area contributed by atoms with Gasteiger partial charge in [0, 0.05) is 24.3 Å². The molecule has 15 heavy (non-hydrogen) atoms. The molecule has 0 aliphatic carbocycles. The number of halogens is 1. The first-order valence-corrected chi connectivity index (χ1v) is 5.81. The van der Waals surface area contributed by atoms with Crippen LogP contribution in [0, 0.1) is 6.92 Å². The fourth-order valence-corrected chi connectivity index (χ4v) is 1.87. The number of hydrogen-bond donors (Lipinski definition) is 1. The quantitative estimate of drug-likeness (QED) is 0.914. The van der Waals surface area contributed by atoms with Crippen LogP contribution in [0.3, 0.4) is 0 Å². The number of aliphatic hydroxyl groups excluding tert-OH is 1. The lowest BCUT2D eigenvalue weighted by Gasteiger charge is -2.20. The molecule has 0 amide bonds. The SMILES string of the molecule is Cc1cc(Br)cnc1N(C)CCC(C)O. The van der Waals surface area contributed by atoms with Crippen molar-refractivity contribution in [2.45, 2.75) is 26.4 Å². The highest BCUT2D eigenvalue weighted by atomic mass is 79.9. The normalized spacial score (nSPS) is 12.6. The van der Waals surface area contributed by atoms with Gasteiger partial charge in [-0.1, -0.05) is 0 Å². The molecule has 0 aliphatic rings. The average Bonchev–Trinajstić information content (AvgIpc) is 2.14. The Labute approximate surface area is 99.3 Å². The van der Waals surface area contributed by atoms with Crippen molar-refractivity contribution in [3.05, 3.63) is 22.3 Å². The highest BCUT2D eigenvalue weighted by Gasteiger charge is 2.07. The summed E-state index contributed by atoms with van der Waals surface area (Å²) in [4.78, 5) is 6.42. The summed E-state index contributed by atoms with van der Waals surface area (Å²) in [6.45, 7) is 4.65. The van der Waals surface area contributed by atoms with Gasteiger partial charge in [-0.3, -0.25) is 0 Å². The average molecular weight is 273 g/mol. The maximum absolute atomic E-state index is 9.21. The Kier molecular flexibility index (Phi) is 4.54. The van der Waals surface area contributed by atoms with Gasteiger partial charge in [0.1, 0.15) is 5.82 Å². The Morgan fingerprint density at radius 1 is 1.60 bits per heavy atom. The van der Waals surface area contributed by atoms with Crippen LogP contribution < -0.4 is 4.90 Å². The second-order valence-electron chi connectivity index (χ2n) is 3.85. The van der Waals surface area contributed by atoms with E-state index in [1.807, 2.05) is 20.0 Å². The molecule has 1 unspecified atom stereocenters. The predicted molar refractivity (Wildman–Crippen MR) is 66.2 cm³/mol.